The monoisotopic (exact) mass is 315 g/mol. The highest BCUT2D eigenvalue weighted by Crippen LogP contribution is 2.33. The van der Waals surface area contributed by atoms with E-state index in [1.54, 1.807) is 12.1 Å². The van der Waals surface area contributed by atoms with Crippen LogP contribution >= 0.6 is 0 Å². The van der Waals surface area contributed by atoms with Gasteiger partial charge in [-0.15, -0.1) is 0 Å². The Balaban J connectivity index is 2.14. The summed E-state index contributed by atoms with van der Waals surface area (Å²) in [6.45, 7) is 0. The highest BCUT2D eigenvalue weighted by molar-refractivity contribution is 5.90. The van der Waals surface area contributed by atoms with Crippen LogP contribution in [0, 0.1) is 10.1 Å². The van der Waals surface area contributed by atoms with Crippen molar-refractivity contribution in [2.24, 2.45) is 0 Å². The lowest BCUT2D eigenvalue weighted by Gasteiger charge is -2.09. The number of rotatable bonds is 3. The van der Waals surface area contributed by atoms with Gasteiger partial charge in [-0.2, -0.15) is 0 Å². The molecule has 0 unspecified atom stereocenters. The second-order valence-corrected chi connectivity index (χ2v) is 5.37. The number of nitrogens with zero attached hydrogens (tertiary/aromatic N) is 3. The van der Waals surface area contributed by atoms with Crippen LogP contribution in [0.4, 0.5) is 5.69 Å². The minimum atomic E-state index is -0.363. The van der Waals surface area contributed by atoms with Crippen molar-refractivity contribution in [1.29, 1.82) is 0 Å². The van der Waals surface area contributed by atoms with E-state index in [9.17, 15) is 10.1 Å². The number of hydrogen-bond acceptors (Lipinski definition) is 3. The van der Waals surface area contributed by atoms with Gasteiger partial charge in [0.25, 0.3) is 5.69 Å². The number of nitro groups is 1. The van der Waals surface area contributed by atoms with Crippen LogP contribution in [-0.4, -0.2) is 14.5 Å². The minimum absolute atomic E-state index is 0.0473. The van der Waals surface area contributed by atoms with Crippen molar-refractivity contribution in [3.8, 4) is 17.1 Å². The lowest BCUT2D eigenvalue weighted by Crippen LogP contribution is -1.99. The molecule has 0 fully saturated rings. The van der Waals surface area contributed by atoms with Crippen LogP contribution in [0.1, 0.15) is 0 Å². The van der Waals surface area contributed by atoms with Crippen molar-refractivity contribution in [2.75, 3.05) is 0 Å². The number of non-ortho nitro benzene ring substituents is 1. The normalized spacial score (nSPS) is 10.8. The smallest absolute Gasteiger partial charge is 0.286 e. The van der Waals surface area contributed by atoms with E-state index in [2.05, 4.69) is 4.98 Å². The predicted octanol–water partition coefficient (Wildman–Crippen LogP) is 4.60. The molecule has 0 atom stereocenters. The van der Waals surface area contributed by atoms with Crippen molar-refractivity contribution in [2.45, 2.75) is 0 Å². The third-order valence-electron chi connectivity index (χ3n) is 3.90. The average Bonchev–Trinajstić information content (AvgIpc) is 3.02. The van der Waals surface area contributed by atoms with E-state index in [1.807, 2.05) is 65.2 Å². The summed E-state index contributed by atoms with van der Waals surface area (Å²) in [7, 11) is 0. The van der Waals surface area contributed by atoms with Crippen LogP contribution in [0.25, 0.3) is 28.1 Å². The van der Waals surface area contributed by atoms with Gasteiger partial charge in [-0.05, 0) is 18.2 Å². The van der Waals surface area contributed by atoms with Gasteiger partial charge >= 0.3 is 0 Å². The summed E-state index contributed by atoms with van der Waals surface area (Å²) < 4.78 is 1.85. The Bertz CT molecular complexity index is 1020. The molecule has 5 heteroatoms. The van der Waals surface area contributed by atoms with E-state index in [1.165, 1.54) is 6.07 Å². The molecule has 4 rings (SSSR count). The van der Waals surface area contributed by atoms with E-state index >= 15 is 0 Å². The summed E-state index contributed by atoms with van der Waals surface area (Å²) >= 11 is 0. The molecule has 0 saturated carbocycles. The van der Waals surface area contributed by atoms with Gasteiger partial charge in [0, 0.05) is 17.3 Å². The Morgan fingerprint density at radius 2 is 1.50 bits per heavy atom. The number of benzene rings is 3. The van der Waals surface area contributed by atoms with Gasteiger partial charge in [0.05, 0.1) is 10.4 Å². The SMILES string of the molecule is O=[N+]([O-])c1cccc2nc(-c3ccccc3)n(-c3ccccc3)c12. The molecule has 0 N–H and O–H groups in total. The molecule has 4 aromatic rings. The van der Waals surface area contributed by atoms with E-state index in [0.29, 0.717) is 16.9 Å². The van der Waals surface area contributed by atoms with Crippen LogP contribution in [0.15, 0.2) is 78.9 Å². The predicted molar refractivity (Wildman–Crippen MR) is 93.2 cm³/mol. The van der Waals surface area contributed by atoms with Crippen molar-refractivity contribution < 1.29 is 4.92 Å². The van der Waals surface area contributed by atoms with E-state index in [0.717, 1.165) is 11.3 Å². The topological polar surface area (TPSA) is 61.0 Å². The first-order valence-electron chi connectivity index (χ1n) is 7.52. The molecule has 1 heterocycles. The minimum Gasteiger partial charge on any atom is -0.286 e. The van der Waals surface area contributed by atoms with Crippen LogP contribution in [0.2, 0.25) is 0 Å². The Hall–Kier alpha value is -3.47. The number of fused-ring (bicyclic) bond motifs is 1. The Morgan fingerprint density at radius 3 is 2.17 bits per heavy atom. The Kier molecular flexibility index (Phi) is 3.31. The maximum atomic E-state index is 11.5. The summed E-state index contributed by atoms with van der Waals surface area (Å²) in [5, 5.41) is 11.5. The zero-order chi connectivity index (χ0) is 16.5. The second kappa shape index (κ2) is 5.62. The molecule has 0 aliphatic rings. The molecule has 0 aliphatic heterocycles. The lowest BCUT2D eigenvalue weighted by atomic mass is 10.2. The standard InChI is InChI=1S/C19H13N3O2/c23-22(24)17-13-7-12-16-18(17)21(15-10-5-2-6-11-15)19(20-16)14-8-3-1-4-9-14/h1-13H. The summed E-state index contributed by atoms with van der Waals surface area (Å²) in [6.07, 6.45) is 0. The molecule has 0 radical (unpaired) electrons. The summed E-state index contributed by atoms with van der Waals surface area (Å²) in [5.41, 5.74) is 2.91. The molecule has 3 aromatic carbocycles. The molecule has 5 nitrogen and oxygen atoms in total. The molecule has 0 bridgehead atoms. The number of aromatic nitrogens is 2. The number of nitro benzene ring substituents is 1. The third kappa shape index (κ3) is 2.23. The zero-order valence-electron chi connectivity index (χ0n) is 12.7. The molecule has 0 amide bonds. The third-order valence-corrected chi connectivity index (χ3v) is 3.90. The molecule has 0 spiro atoms. The highest BCUT2D eigenvalue weighted by atomic mass is 16.6. The fraction of sp³-hybridized carbons (Fsp3) is 0. The Labute approximate surface area is 138 Å². The van der Waals surface area contributed by atoms with Crippen LogP contribution in [-0.2, 0) is 0 Å². The molecule has 24 heavy (non-hydrogen) atoms. The zero-order valence-corrected chi connectivity index (χ0v) is 12.7. The van der Waals surface area contributed by atoms with Gasteiger partial charge in [-0.25, -0.2) is 4.98 Å². The maximum absolute atomic E-state index is 11.5. The summed E-state index contributed by atoms with van der Waals surface area (Å²) in [5.74, 6) is 0.686. The van der Waals surface area contributed by atoms with E-state index in [4.69, 9.17) is 0 Å². The fourth-order valence-corrected chi connectivity index (χ4v) is 2.87. The van der Waals surface area contributed by atoms with Gasteiger partial charge in [-0.1, -0.05) is 54.6 Å². The first-order chi connectivity index (χ1) is 11.8. The lowest BCUT2D eigenvalue weighted by molar-refractivity contribution is -0.383. The second-order valence-electron chi connectivity index (χ2n) is 5.37. The van der Waals surface area contributed by atoms with Gasteiger partial charge in [-0.3, -0.25) is 14.7 Å². The van der Waals surface area contributed by atoms with Crippen LogP contribution in [0.5, 0.6) is 0 Å². The highest BCUT2D eigenvalue weighted by Gasteiger charge is 2.22. The van der Waals surface area contributed by atoms with Crippen LogP contribution < -0.4 is 0 Å². The molecular weight excluding hydrogens is 302 g/mol. The van der Waals surface area contributed by atoms with Gasteiger partial charge < -0.3 is 0 Å². The summed E-state index contributed by atoms with van der Waals surface area (Å²) in [4.78, 5) is 15.8. The first-order valence-corrected chi connectivity index (χ1v) is 7.52. The largest absolute Gasteiger partial charge is 0.295 e. The molecule has 116 valence electrons. The van der Waals surface area contributed by atoms with Crippen LogP contribution in [0.3, 0.4) is 0 Å². The van der Waals surface area contributed by atoms with Crippen molar-refractivity contribution in [3.63, 3.8) is 0 Å². The molecule has 1 aromatic heterocycles. The van der Waals surface area contributed by atoms with Crippen molar-refractivity contribution in [3.05, 3.63) is 89.0 Å². The quantitative estimate of drug-likeness (QED) is 0.410. The maximum Gasteiger partial charge on any atom is 0.295 e. The van der Waals surface area contributed by atoms with Gasteiger partial charge in [0.1, 0.15) is 5.82 Å². The number of imidazole rings is 1. The number of para-hydroxylation sites is 2. The average molecular weight is 315 g/mol. The van der Waals surface area contributed by atoms with Gasteiger partial charge in [0.2, 0.25) is 0 Å². The fourth-order valence-electron chi connectivity index (χ4n) is 2.87. The van der Waals surface area contributed by atoms with E-state index in [-0.39, 0.29) is 10.6 Å². The van der Waals surface area contributed by atoms with Gasteiger partial charge in [0.15, 0.2) is 5.52 Å². The van der Waals surface area contributed by atoms with Crippen molar-refractivity contribution >= 4 is 16.7 Å². The number of hydrogen-bond donors (Lipinski definition) is 0. The molecular formula is C19H13N3O2. The van der Waals surface area contributed by atoms with E-state index < -0.39 is 0 Å². The molecule has 0 saturated heterocycles. The summed E-state index contributed by atoms with van der Waals surface area (Å²) in [6, 6.07) is 24.2. The Morgan fingerprint density at radius 1 is 0.833 bits per heavy atom. The van der Waals surface area contributed by atoms with Crippen molar-refractivity contribution in [1.82, 2.24) is 9.55 Å². The molecule has 0 aliphatic carbocycles. The first kappa shape index (κ1) is 14.1.